The molecule has 1 saturated heterocycles. The lowest BCUT2D eigenvalue weighted by atomic mass is 10.1. The highest BCUT2D eigenvalue weighted by atomic mass is 35.5. The first-order chi connectivity index (χ1) is 21.0. The average Bonchev–Trinajstić information content (AvgIpc) is 3.04. The van der Waals surface area contributed by atoms with Gasteiger partial charge in [-0.05, 0) is 96.9 Å². The molecule has 1 aliphatic rings. The highest BCUT2D eigenvalue weighted by Crippen LogP contribution is 2.23. The van der Waals surface area contributed by atoms with Gasteiger partial charge in [-0.25, -0.2) is 0 Å². The van der Waals surface area contributed by atoms with Crippen molar-refractivity contribution < 1.29 is 18.9 Å². The van der Waals surface area contributed by atoms with Crippen molar-refractivity contribution in [1.82, 2.24) is 4.90 Å². The van der Waals surface area contributed by atoms with Crippen LogP contribution in [0.25, 0.3) is 10.8 Å². The number of fused-ring (bicyclic) bond motifs is 1. The zero-order valence-electron chi connectivity index (χ0n) is 26.1. The molecule has 4 aromatic rings. The van der Waals surface area contributed by atoms with E-state index in [1.165, 1.54) is 10.9 Å². The molecule has 1 fully saturated rings. The van der Waals surface area contributed by atoms with E-state index in [-0.39, 0.29) is 12.4 Å². The van der Waals surface area contributed by atoms with Crippen LogP contribution in [0.5, 0.6) is 17.2 Å². The number of unbranched alkanes of at least 4 members (excludes halogenated alkanes) is 1. The van der Waals surface area contributed by atoms with Gasteiger partial charge in [0, 0.05) is 32.4 Å². The molecule has 236 valence electrons. The largest absolute Gasteiger partial charge is 0.494 e. The predicted octanol–water partition coefficient (Wildman–Crippen LogP) is 8.34. The van der Waals surface area contributed by atoms with Crippen LogP contribution in [0.2, 0.25) is 0 Å². The third kappa shape index (κ3) is 11.6. The molecule has 0 atom stereocenters. The summed E-state index contributed by atoms with van der Waals surface area (Å²) in [6.45, 7) is 10.7. The van der Waals surface area contributed by atoms with Crippen molar-refractivity contribution in [2.45, 2.75) is 33.1 Å². The molecular weight excluding hydrogens is 592 g/mol. The van der Waals surface area contributed by atoms with Crippen LogP contribution in [0.4, 0.5) is 5.69 Å². The molecule has 8 heteroatoms. The molecule has 5 rings (SSSR count). The Balaban J connectivity index is 0.000000235. The Labute approximate surface area is 274 Å². The molecule has 0 unspecified atom stereocenters. The second-order valence-electron chi connectivity index (χ2n) is 10.6. The highest BCUT2D eigenvalue weighted by molar-refractivity contribution is 7.80. The van der Waals surface area contributed by atoms with Crippen molar-refractivity contribution in [2.75, 3.05) is 58.0 Å². The highest BCUT2D eigenvalue weighted by Gasteiger charge is 2.11. The molecular formula is C36H45ClN2O4S. The van der Waals surface area contributed by atoms with Crippen LogP contribution in [0.3, 0.4) is 0 Å². The van der Waals surface area contributed by atoms with Gasteiger partial charge in [-0.3, -0.25) is 4.90 Å². The molecule has 0 radical (unpaired) electrons. The van der Waals surface area contributed by atoms with Crippen molar-refractivity contribution in [3.05, 3.63) is 96.6 Å². The molecule has 0 aliphatic carbocycles. The number of ether oxygens (including phenoxy) is 4. The monoisotopic (exact) mass is 636 g/mol. The van der Waals surface area contributed by atoms with E-state index in [9.17, 15) is 0 Å². The van der Waals surface area contributed by atoms with E-state index in [0.29, 0.717) is 5.17 Å². The summed E-state index contributed by atoms with van der Waals surface area (Å²) in [5.41, 5.74) is 2.21. The maximum absolute atomic E-state index is 5.84. The van der Waals surface area contributed by atoms with E-state index in [4.69, 9.17) is 31.2 Å². The molecule has 0 saturated carbocycles. The topological polar surface area (TPSA) is 43.4 Å². The quantitative estimate of drug-likeness (QED) is 0.121. The summed E-state index contributed by atoms with van der Waals surface area (Å²) in [6.07, 6.45) is 3.30. The number of halogens is 1. The van der Waals surface area contributed by atoms with Gasteiger partial charge in [-0.1, -0.05) is 55.8 Å². The van der Waals surface area contributed by atoms with Crippen LogP contribution in [0.15, 0.2) is 91.0 Å². The molecule has 0 bridgehead atoms. The Morgan fingerprint density at radius 3 is 2.09 bits per heavy atom. The van der Waals surface area contributed by atoms with Crippen LogP contribution in [-0.2, 0) is 4.74 Å². The Morgan fingerprint density at radius 2 is 1.43 bits per heavy atom. The predicted molar refractivity (Wildman–Crippen MR) is 188 cm³/mol. The van der Waals surface area contributed by atoms with Gasteiger partial charge in [0.1, 0.15) is 17.2 Å². The standard InChI is InChI=1S/C19H17NOS.C17H27NO3.ClH/c1-14-6-5-9-17(12-14)20(2)19(22)21-18-11-10-15-7-3-4-8-16(15)13-18;1-2-3-12-20-16-5-7-17(8-6-16)21-13-4-9-18-10-14-19-15-11-18;/h3-13H,1-2H3;5-8H,2-4,9-15H2,1H3;1H. The van der Waals surface area contributed by atoms with Crippen molar-refractivity contribution in [3.63, 3.8) is 0 Å². The van der Waals surface area contributed by atoms with E-state index in [1.807, 2.05) is 78.7 Å². The van der Waals surface area contributed by atoms with Gasteiger partial charge < -0.3 is 23.8 Å². The smallest absolute Gasteiger partial charge is 0.269 e. The molecule has 6 nitrogen and oxygen atoms in total. The molecule has 1 heterocycles. The van der Waals surface area contributed by atoms with Crippen molar-refractivity contribution in [2.24, 2.45) is 0 Å². The third-order valence-corrected chi connectivity index (χ3v) is 7.53. The van der Waals surface area contributed by atoms with Crippen molar-refractivity contribution >= 4 is 46.3 Å². The molecule has 44 heavy (non-hydrogen) atoms. The maximum Gasteiger partial charge on any atom is 0.269 e. The first-order valence-corrected chi connectivity index (χ1v) is 15.6. The number of nitrogens with zero attached hydrogens (tertiary/aromatic N) is 2. The first kappa shape index (κ1) is 35.1. The summed E-state index contributed by atoms with van der Waals surface area (Å²) in [7, 11) is 1.91. The zero-order valence-corrected chi connectivity index (χ0v) is 27.7. The third-order valence-electron chi connectivity index (χ3n) is 7.17. The number of benzene rings is 4. The van der Waals surface area contributed by atoms with Gasteiger partial charge in [0.2, 0.25) is 0 Å². The summed E-state index contributed by atoms with van der Waals surface area (Å²) in [6, 6.07) is 30.3. The number of thiocarbonyl (C=S) groups is 1. The van der Waals surface area contributed by atoms with Gasteiger partial charge in [-0.2, -0.15) is 0 Å². The lowest BCUT2D eigenvalue weighted by Crippen LogP contribution is -2.37. The summed E-state index contributed by atoms with van der Waals surface area (Å²) in [5, 5.41) is 2.76. The number of aryl methyl sites for hydroxylation is 1. The van der Waals surface area contributed by atoms with Gasteiger partial charge in [0.25, 0.3) is 5.17 Å². The van der Waals surface area contributed by atoms with Gasteiger partial charge in [0.15, 0.2) is 0 Å². The van der Waals surface area contributed by atoms with Crippen LogP contribution >= 0.6 is 24.6 Å². The number of hydrogen-bond acceptors (Lipinski definition) is 6. The minimum Gasteiger partial charge on any atom is -0.494 e. The van der Waals surface area contributed by atoms with E-state index >= 15 is 0 Å². The minimum atomic E-state index is 0. The lowest BCUT2D eigenvalue weighted by molar-refractivity contribution is 0.0358. The van der Waals surface area contributed by atoms with Crippen LogP contribution < -0.4 is 19.1 Å². The van der Waals surface area contributed by atoms with Crippen LogP contribution in [0, 0.1) is 6.92 Å². The summed E-state index contributed by atoms with van der Waals surface area (Å²) < 4.78 is 22.6. The van der Waals surface area contributed by atoms with Crippen LogP contribution in [0.1, 0.15) is 31.7 Å². The fourth-order valence-electron chi connectivity index (χ4n) is 4.61. The Hall–Kier alpha value is -3.36. The minimum absolute atomic E-state index is 0. The fraction of sp³-hybridized carbons (Fsp3) is 0.361. The van der Waals surface area contributed by atoms with E-state index in [0.717, 1.165) is 93.6 Å². The molecule has 4 aromatic carbocycles. The Bertz CT molecular complexity index is 1410. The first-order valence-electron chi connectivity index (χ1n) is 15.2. The lowest BCUT2D eigenvalue weighted by Gasteiger charge is -2.26. The Morgan fingerprint density at radius 1 is 0.795 bits per heavy atom. The molecule has 0 spiro atoms. The average molecular weight is 637 g/mol. The zero-order chi connectivity index (χ0) is 30.3. The Kier molecular flexibility index (Phi) is 15.3. The van der Waals surface area contributed by atoms with E-state index < -0.39 is 0 Å². The molecule has 0 amide bonds. The van der Waals surface area contributed by atoms with Gasteiger partial charge in [-0.15, -0.1) is 12.4 Å². The van der Waals surface area contributed by atoms with E-state index in [2.05, 4.69) is 43.0 Å². The summed E-state index contributed by atoms with van der Waals surface area (Å²) in [4.78, 5) is 4.30. The second-order valence-corrected chi connectivity index (χ2v) is 11.0. The molecule has 0 aromatic heterocycles. The van der Waals surface area contributed by atoms with Crippen molar-refractivity contribution in [1.29, 1.82) is 0 Å². The van der Waals surface area contributed by atoms with E-state index in [1.54, 1.807) is 0 Å². The van der Waals surface area contributed by atoms with Gasteiger partial charge in [0.05, 0.1) is 26.4 Å². The second kappa shape index (κ2) is 19.1. The van der Waals surface area contributed by atoms with Crippen LogP contribution in [-0.4, -0.2) is 63.2 Å². The number of rotatable bonds is 11. The van der Waals surface area contributed by atoms with Gasteiger partial charge >= 0.3 is 0 Å². The number of morpholine rings is 1. The summed E-state index contributed by atoms with van der Waals surface area (Å²) in [5.74, 6) is 2.59. The maximum atomic E-state index is 5.84. The number of anilines is 1. The molecule has 1 aliphatic heterocycles. The normalized spacial score (nSPS) is 12.8. The SMILES string of the molecule is CCCCOc1ccc(OCCCN2CCOCC2)cc1.Cc1cccc(N(C)C(=S)Oc2ccc3ccccc3c2)c1.Cl. The summed E-state index contributed by atoms with van der Waals surface area (Å²) >= 11 is 5.41. The fourth-order valence-corrected chi connectivity index (χ4v) is 4.81. The molecule has 0 N–H and O–H groups in total. The number of hydrogen-bond donors (Lipinski definition) is 0. The van der Waals surface area contributed by atoms with Crippen molar-refractivity contribution in [3.8, 4) is 17.2 Å².